The number of amides is 1. The van der Waals surface area contributed by atoms with E-state index in [1.165, 1.54) is 10.4 Å². The van der Waals surface area contributed by atoms with Gasteiger partial charge in [0.25, 0.3) is 5.91 Å². The molecule has 1 aromatic carbocycles. The van der Waals surface area contributed by atoms with Gasteiger partial charge in [0.2, 0.25) is 16.0 Å². The number of rotatable bonds is 6. The van der Waals surface area contributed by atoms with Gasteiger partial charge in [-0.05, 0) is 44.6 Å². The van der Waals surface area contributed by atoms with Crippen LogP contribution in [0.2, 0.25) is 5.02 Å². The predicted molar refractivity (Wildman–Crippen MR) is 156 cm³/mol. The molecule has 3 aromatic heterocycles. The SMILES string of the molecule is N#Cc1cc(NC(=O)c2c(Cl)c(S(=O)(=O)N3C4CCC3CC(O)(c3cc(-c5ccccc5)on3)C4)c3n2CCC3)cc(F)n1. The Morgan fingerprint density at radius 3 is 2.61 bits per heavy atom. The predicted octanol–water partition coefficient (Wildman–Crippen LogP) is 4.60. The van der Waals surface area contributed by atoms with Crippen molar-refractivity contribution in [3.63, 3.8) is 0 Å². The van der Waals surface area contributed by atoms with Crippen LogP contribution < -0.4 is 5.32 Å². The van der Waals surface area contributed by atoms with Crippen LogP contribution >= 0.6 is 11.6 Å². The minimum absolute atomic E-state index is 0.00953. The first-order valence-electron chi connectivity index (χ1n) is 14.2. The average Bonchev–Trinajstić information content (AvgIpc) is 3.76. The first-order chi connectivity index (χ1) is 21.1. The summed E-state index contributed by atoms with van der Waals surface area (Å²) in [6, 6.07) is 14.0. The highest BCUT2D eigenvalue weighted by molar-refractivity contribution is 7.89. The Labute approximate surface area is 256 Å². The minimum Gasteiger partial charge on any atom is -0.383 e. The van der Waals surface area contributed by atoms with E-state index in [0.717, 1.165) is 11.6 Å². The van der Waals surface area contributed by atoms with Crippen molar-refractivity contribution in [2.24, 2.45) is 0 Å². The number of carbonyl (C=O) groups is 1. The zero-order valence-corrected chi connectivity index (χ0v) is 24.8. The number of anilines is 1. The van der Waals surface area contributed by atoms with E-state index < -0.39 is 39.6 Å². The number of hydrogen-bond donors (Lipinski definition) is 2. The summed E-state index contributed by atoms with van der Waals surface area (Å²) < 4.78 is 51.2. The molecule has 3 aliphatic heterocycles. The van der Waals surface area contributed by atoms with Crippen LogP contribution in [-0.4, -0.2) is 50.5 Å². The van der Waals surface area contributed by atoms with Crippen LogP contribution in [0.15, 0.2) is 57.9 Å². The normalized spacial score (nSPS) is 23.0. The van der Waals surface area contributed by atoms with Gasteiger partial charge in [-0.25, -0.2) is 13.4 Å². The largest absolute Gasteiger partial charge is 0.383 e. The molecule has 2 saturated heterocycles. The van der Waals surface area contributed by atoms with Crippen LogP contribution in [0.5, 0.6) is 0 Å². The van der Waals surface area contributed by atoms with Gasteiger partial charge >= 0.3 is 0 Å². The number of carbonyl (C=O) groups excluding carboxylic acids is 1. The third kappa shape index (κ3) is 4.60. The zero-order valence-electron chi connectivity index (χ0n) is 23.2. The Bertz CT molecular complexity index is 1940. The second kappa shape index (κ2) is 10.5. The van der Waals surface area contributed by atoms with E-state index in [9.17, 15) is 22.7 Å². The topological polar surface area (TPSA) is 154 Å². The molecular weight excluding hydrogens is 611 g/mol. The number of nitrogens with zero attached hydrogens (tertiary/aromatic N) is 5. The van der Waals surface area contributed by atoms with Crippen molar-refractivity contribution in [1.29, 1.82) is 5.26 Å². The molecule has 44 heavy (non-hydrogen) atoms. The van der Waals surface area contributed by atoms with Gasteiger partial charge in [-0.1, -0.05) is 47.1 Å². The molecule has 2 atom stereocenters. The molecular formula is C30H26ClFN6O5S. The third-order valence-electron chi connectivity index (χ3n) is 8.72. The maximum absolute atomic E-state index is 14.4. The van der Waals surface area contributed by atoms with Gasteiger partial charge in [0.05, 0.1) is 5.02 Å². The molecule has 14 heteroatoms. The van der Waals surface area contributed by atoms with Crippen molar-refractivity contribution in [2.45, 2.75) is 67.6 Å². The first kappa shape index (κ1) is 28.7. The van der Waals surface area contributed by atoms with Gasteiger partial charge in [0, 0.05) is 47.7 Å². The summed E-state index contributed by atoms with van der Waals surface area (Å²) in [4.78, 5) is 16.7. The number of aliphatic hydroxyl groups is 1. The lowest BCUT2D eigenvalue weighted by atomic mass is 9.84. The number of fused-ring (bicyclic) bond motifs is 3. The van der Waals surface area contributed by atoms with E-state index in [1.807, 2.05) is 30.3 Å². The molecule has 0 spiro atoms. The first-order valence-corrected chi connectivity index (χ1v) is 16.0. The molecule has 2 unspecified atom stereocenters. The number of halogens is 2. The van der Waals surface area contributed by atoms with E-state index in [1.54, 1.807) is 16.7 Å². The van der Waals surface area contributed by atoms with Gasteiger partial charge in [-0.15, -0.1) is 0 Å². The molecule has 2 fully saturated rings. The van der Waals surface area contributed by atoms with Gasteiger partial charge in [0.1, 0.15) is 33.6 Å². The second-order valence-electron chi connectivity index (χ2n) is 11.4. The number of aromatic nitrogens is 3. The Kier molecular flexibility index (Phi) is 6.85. The van der Waals surface area contributed by atoms with Gasteiger partial charge in [0.15, 0.2) is 5.76 Å². The van der Waals surface area contributed by atoms with E-state index in [-0.39, 0.29) is 39.8 Å². The standard InChI is InChI=1S/C30H26ClFN6O5S/c31-26-27(29(39)35-18-11-19(16-33)34-25(32)12-18)37-10-4-7-22(37)28(26)44(41,42)38-20-8-9-21(38)15-30(40,14-20)24-13-23(43-36-24)17-5-2-1-3-6-17/h1-3,5-6,11-13,20-21,40H,4,7-10,14-15H2,(H,34,35,39). The van der Waals surface area contributed by atoms with Crippen LogP contribution in [0, 0.1) is 17.3 Å². The van der Waals surface area contributed by atoms with Crippen LogP contribution in [0.25, 0.3) is 11.3 Å². The summed E-state index contributed by atoms with van der Waals surface area (Å²) in [6.45, 7) is 0.379. The molecule has 7 rings (SSSR count). The van der Waals surface area contributed by atoms with Crippen molar-refractivity contribution in [3.8, 4) is 17.4 Å². The molecule has 3 aliphatic rings. The fraction of sp³-hybridized carbons (Fsp3) is 0.333. The molecule has 0 aliphatic carbocycles. The molecule has 0 saturated carbocycles. The quantitative estimate of drug-likeness (QED) is 0.291. The fourth-order valence-electron chi connectivity index (χ4n) is 6.94. The number of hydrogen-bond acceptors (Lipinski definition) is 8. The van der Waals surface area contributed by atoms with Crippen LogP contribution in [0.4, 0.5) is 10.1 Å². The summed E-state index contributed by atoms with van der Waals surface area (Å²) in [6.07, 6.45) is 2.36. The molecule has 2 N–H and O–H groups in total. The highest BCUT2D eigenvalue weighted by atomic mass is 35.5. The number of nitrogens with one attached hydrogen (secondary N) is 1. The summed E-state index contributed by atoms with van der Waals surface area (Å²) in [5.74, 6) is -1.17. The molecule has 0 radical (unpaired) electrons. The van der Waals surface area contributed by atoms with Gasteiger partial charge in [-0.3, -0.25) is 4.79 Å². The monoisotopic (exact) mass is 636 g/mol. The Morgan fingerprint density at radius 1 is 1.18 bits per heavy atom. The second-order valence-corrected chi connectivity index (χ2v) is 13.6. The van der Waals surface area contributed by atoms with Crippen LogP contribution in [0.3, 0.4) is 0 Å². The van der Waals surface area contributed by atoms with Gasteiger partial charge in [-0.2, -0.15) is 14.0 Å². The Balaban J connectivity index is 1.19. The lowest BCUT2D eigenvalue weighted by Gasteiger charge is -2.41. The zero-order chi connectivity index (χ0) is 30.8. The average molecular weight is 637 g/mol. The molecule has 226 valence electrons. The number of sulfonamides is 1. The van der Waals surface area contributed by atoms with Crippen molar-refractivity contribution < 1.29 is 27.2 Å². The summed E-state index contributed by atoms with van der Waals surface area (Å²) in [5.41, 5.74) is -0.0576. The van der Waals surface area contributed by atoms with Crippen molar-refractivity contribution in [3.05, 3.63) is 82.3 Å². The molecule has 2 bridgehead atoms. The molecule has 4 aromatic rings. The summed E-state index contributed by atoms with van der Waals surface area (Å²) in [7, 11) is -4.19. The molecule has 1 amide bonds. The third-order valence-corrected chi connectivity index (χ3v) is 11.3. The van der Waals surface area contributed by atoms with E-state index in [2.05, 4.69) is 15.5 Å². The van der Waals surface area contributed by atoms with Crippen molar-refractivity contribution in [1.82, 2.24) is 19.0 Å². The molecule has 11 nitrogen and oxygen atoms in total. The highest BCUT2D eigenvalue weighted by Crippen LogP contribution is 2.50. The van der Waals surface area contributed by atoms with Crippen molar-refractivity contribution in [2.75, 3.05) is 5.32 Å². The minimum atomic E-state index is -4.19. The van der Waals surface area contributed by atoms with Crippen molar-refractivity contribution >= 4 is 33.2 Å². The smallest absolute Gasteiger partial charge is 0.273 e. The Morgan fingerprint density at radius 2 is 1.91 bits per heavy atom. The highest BCUT2D eigenvalue weighted by Gasteiger charge is 2.55. The van der Waals surface area contributed by atoms with E-state index in [0.29, 0.717) is 49.4 Å². The summed E-state index contributed by atoms with van der Waals surface area (Å²) >= 11 is 6.73. The number of piperidine rings is 1. The van der Waals surface area contributed by atoms with Crippen LogP contribution in [-0.2, 0) is 28.6 Å². The molecule has 6 heterocycles. The van der Waals surface area contributed by atoms with Gasteiger partial charge < -0.3 is 19.5 Å². The lowest BCUT2D eigenvalue weighted by Crippen LogP contribution is -2.52. The summed E-state index contributed by atoms with van der Waals surface area (Å²) in [5, 5.41) is 27.3. The fourth-order valence-corrected chi connectivity index (χ4v) is 9.71. The maximum atomic E-state index is 14.4. The van der Waals surface area contributed by atoms with Crippen LogP contribution in [0.1, 0.15) is 59.7 Å². The number of benzene rings is 1. The van der Waals surface area contributed by atoms with E-state index >= 15 is 0 Å². The van der Waals surface area contributed by atoms with E-state index in [4.69, 9.17) is 21.4 Å². The lowest BCUT2D eigenvalue weighted by molar-refractivity contribution is -0.0393. The maximum Gasteiger partial charge on any atom is 0.273 e. The number of pyridine rings is 1. The number of nitriles is 1. The Hall–Kier alpha value is -4.09.